The molecule has 0 aliphatic carbocycles. The Labute approximate surface area is 69.4 Å². The molecule has 1 aromatic carbocycles. The fraction of sp³-hybridized carbons (Fsp3) is 0.125. The first kappa shape index (κ1) is 8.34. The molecule has 0 fully saturated rings. The second kappa shape index (κ2) is 3.58. The van der Waals surface area contributed by atoms with E-state index in [2.05, 4.69) is 5.32 Å². The molecule has 0 atom stereocenters. The van der Waals surface area contributed by atoms with Crippen molar-refractivity contribution in [3.63, 3.8) is 0 Å². The highest BCUT2D eigenvalue weighted by molar-refractivity contribution is 5.58. The highest BCUT2D eigenvalue weighted by Crippen LogP contribution is 2.24. The summed E-state index contributed by atoms with van der Waals surface area (Å²) < 4.78 is 17.4. The summed E-state index contributed by atoms with van der Waals surface area (Å²) in [7, 11) is 1.41. The highest BCUT2D eigenvalue weighted by atomic mass is 19.1. The predicted octanol–water partition coefficient (Wildman–Crippen LogP) is 1.73. The summed E-state index contributed by atoms with van der Waals surface area (Å²) in [6.07, 6.45) is 1.73. The Morgan fingerprint density at radius 3 is 2.92 bits per heavy atom. The molecule has 0 bridgehead atoms. The lowest BCUT2D eigenvalue weighted by Gasteiger charge is -2.04. The first-order valence-corrected chi connectivity index (χ1v) is 3.26. The lowest BCUT2D eigenvalue weighted by molar-refractivity contribution is 0.413. The summed E-state index contributed by atoms with van der Waals surface area (Å²) >= 11 is 0. The molecule has 0 radical (unpaired) electrons. The van der Waals surface area contributed by atoms with Crippen LogP contribution in [0.15, 0.2) is 18.2 Å². The van der Waals surface area contributed by atoms with E-state index in [0.717, 1.165) is 0 Å². The van der Waals surface area contributed by atoms with E-state index in [1.54, 1.807) is 6.19 Å². The quantitative estimate of drug-likeness (QED) is 0.537. The topological polar surface area (TPSA) is 45.0 Å². The fourth-order valence-electron chi connectivity index (χ4n) is 0.829. The van der Waals surface area contributed by atoms with E-state index in [9.17, 15) is 4.39 Å². The fourth-order valence-corrected chi connectivity index (χ4v) is 0.829. The van der Waals surface area contributed by atoms with Gasteiger partial charge in [-0.05, 0) is 12.1 Å². The molecule has 0 amide bonds. The minimum Gasteiger partial charge on any atom is -0.494 e. The van der Waals surface area contributed by atoms with Crippen LogP contribution >= 0.6 is 0 Å². The van der Waals surface area contributed by atoms with Crippen molar-refractivity contribution in [1.29, 1.82) is 5.26 Å². The van der Waals surface area contributed by atoms with Gasteiger partial charge in [-0.15, -0.1) is 0 Å². The van der Waals surface area contributed by atoms with E-state index < -0.39 is 5.82 Å². The maximum atomic E-state index is 12.6. The van der Waals surface area contributed by atoms with Gasteiger partial charge in [0.25, 0.3) is 0 Å². The van der Waals surface area contributed by atoms with Gasteiger partial charge < -0.3 is 4.74 Å². The molecule has 4 heteroatoms. The van der Waals surface area contributed by atoms with E-state index >= 15 is 0 Å². The molecular formula is C8H7FN2O. The molecule has 0 heterocycles. The van der Waals surface area contributed by atoms with E-state index in [4.69, 9.17) is 10.00 Å². The van der Waals surface area contributed by atoms with Gasteiger partial charge in [0.1, 0.15) is 11.6 Å². The number of benzene rings is 1. The van der Waals surface area contributed by atoms with Gasteiger partial charge in [0, 0.05) is 6.07 Å². The number of nitrogens with one attached hydrogen (secondary N) is 1. The Balaban J connectivity index is 3.04. The van der Waals surface area contributed by atoms with Gasteiger partial charge >= 0.3 is 0 Å². The zero-order chi connectivity index (χ0) is 8.97. The van der Waals surface area contributed by atoms with Crippen molar-refractivity contribution in [3.05, 3.63) is 24.0 Å². The molecule has 0 saturated heterocycles. The Bertz CT molecular complexity index is 319. The molecule has 3 nitrogen and oxygen atoms in total. The first-order valence-electron chi connectivity index (χ1n) is 3.26. The third kappa shape index (κ3) is 1.64. The van der Waals surface area contributed by atoms with Gasteiger partial charge in [0.05, 0.1) is 12.8 Å². The molecule has 62 valence electrons. The number of nitrogens with zero attached hydrogens (tertiary/aromatic N) is 1. The molecule has 0 aliphatic rings. The van der Waals surface area contributed by atoms with Gasteiger partial charge in [-0.2, -0.15) is 5.26 Å². The van der Waals surface area contributed by atoms with Crippen LogP contribution in [0.1, 0.15) is 0 Å². The Kier molecular flexibility index (Phi) is 2.49. The van der Waals surface area contributed by atoms with Crippen LogP contribution < -0.4 is 10.1 Å². The largest absolute Gasteiger partial charge is 0.494 e. The maximum Gasteiger partial charge on any atom is 0.181 e. The van der Waals surface area contributed by atoms with Crippen molar-refractivity contribution in [3.8, 4) is 11.9 Å². The van der Waals surface area contributed by atoms with Gasteiger partial charge in [0.15, 0.2) is 6.19 Å². The molecule has 0 spiro atoms. The smallest absolute Gasteiger partial charge is 0.181 e. The third-order valence-corrected chi connectivity index (χ3v) is 1.35. The second-order valence-corrected chi connectivity index (χ2v) is 2.08. The average molecular weight is 166 g/mol. The van der Waals surface area contributed by atoms with E-state index in [1.165, 1.54) is 25.3 Å². The highest BCUT2D eigenvalue weighted by Gasteiger charge is 2.02. The molecule has 1 rings (SSSR count). The number of ether oxygens (including phenoxy) is 1. The number of hydrogen-bond donors (Lipinski definition) is 1. The number of hydrogen-bond acceptors (Lipinski definition) is 3. The summed E-state index contributed by atoms with van der Waals surface area (Å²) in [5, 5.41) is 10.7. The summed E-state index contributed by atoms with van der Waals surface area (Å²) in [6.45, 7) is 0. The van der Waals surface area contributed by atoms with Crippen LogP contribution in [0, 0.1) is 17.3 Å². The average Bonchev–Trinajstić information content (AvgIpc) is 2.08. The summed E-state index contributed by atoms with van der Waals surface area (Å²) in [4.78, 5) is 0. The van der Waals surface area contributed by atoms with E-state index in [-0.39, 0.29) is 0 Å². The zero-order valence-corrected chi connectivity index (χ0v) is 6.47. The van der Waals surface area contributed by atoms with E-state index in [0.29, 0.717) is 11.4 Å². The van der Waals surface area contributed by atoms with Gasteiger partial charge in [-0.3, -0.25) is 5.32 Å². The molecular weight excluding hydrogens is 159 g/mol. The lowest BCUT2D eigenvalue weighted by Crippen LogP contribution is -1.93. The van der Waals surface area contributed by atoms with Crippen molar-refractivity contribution in [2.75, 3.05) is 12.4 Å². The maximum absolute atomic E-state index is 12.6. The van der Waals surface area contributed by atoms with Crippen LogP contribution in [0.3, 0.4) is 0 Å². The predicted molar refractivity (Wildman–Crippen MR) is 42.2 cm³/mol. The van der Waals surface area contributed by atoms with Gasteiger partial charge in [-0.1, -0.05) is 0 Å². The standard InChI is InChI=1S/C8H7FN2O/c1-12-8-4-6(9)2-3-7(8)11-5-10/h2-4,11H,1H3. The molecule has 12 heavy (non-hydrogen) atoms. The number of methoxy groups -OCH3 is 1. The zero-order valence-electron chi connectivity index (χ0n) is 6.47. The van der Waals surface area contributed by atoms with Crippen molar-refractivity contribution in [2.24, 2.45) is 0 Å². The minimum absolute atomic E-state index is 0.316. The number of halogens is 1. The molecule has 1 aromatic rings. The van der Waals surface area contributed by atoms with Crippen molar-refractivity contribution in [1.82, 2.24) is 0 Å². The Morgan fingerprint density at radius 2 is 2.33 bits per heavy atom. The van der Waals surface area contributed by atoms with Gasteiger partial charge in [-0.25, -0.2) is 4.39 Å². The number of rotatable bonds is 2. The normalized spacial score (nSPS) is 8.75. The van der Waals surface area contributed by atoms with Crippen molar-refractivity contribution in [2.45, 2.75) is 0 Å². The van der Waals surface area contributed by atoms with Crippen LogP contribution in [0.4, 0.5) is 10.1 Å². The number of nitriles is 1. The van der Waals surface area contributed by atoms with Crippen LogP contribution in [0.2, 0.25) is 0 Å². The van der Waals surface area contributed by atoms with Crippen LogP contribution in [-0.4, -0.2) is 7.11 Å². The lowest BCUT2D eigenvalue weighted by atomic mass is 10.3. The van der Waals surface area contributed by atoms with E-state index in [1.807, 2.05) is 0 Å². The molecule has 0 saturated carbocycles. The van der Waals surface area contributed by atoms with Crippen LogP contribution in [0.25, 0.3) is 0 Å². The monoisotopic (exact) mass is 166 g/mol. The SMILES string of the molecule is COc1cc(F)ccc1NC#N. The summed E-state index contributed by atoms with van der Waals surface area (Å²) in [5.41, 5.74) is 0.460. The molecule has 0 aliphatic heterocycles. The third-order valence-electron chi connectivity index (χ3n) is 1.35. The molecule has 1 N–H and O–H groups in total. The Hall–Kier alpha value is -1.76. The second-order valence-electron chi connectivity index (χ2n) is 2.08. The number of anilines is 1. The summed E-state index contributed by atoms with van der Waals surface area (Å²) in [6, 6.07) is 3.90. The molecule has 0 aromatic heterocycles. The first-order chi connectivity index (χ1) is 5.77. The van der Waals surface area contributed by atoms with Crippen LogP contribution in [-0.2, 0) is 0 Å². The summed E-state index contributed by atoms with van der Waals surface area (Å²) in [5.74, 6) is -0.0770. The van der Waals surface area contributed by atoms with Crippen molar-refractivity contribution < 1.29 is 9.13 Å². The van der Waals surface area contributed by atoms with Crippen LogP contribution in [0.5, 0.6) is 5.75 Å². The van der Waals surface area contributed by atoms with Crippen molar-refractivity contribution >= 4 is 5.69 Å². The van der Waals surface area contributed by atoms with Gasteiger partial charge in [0.2, 0.25) is 0 Å². The molecule has 0 unspecified atom stereocenters. The Morgan fingerprint density at radius 1 is 1.58 bits per heavy atom. The minimum atomic E-state index is -0.393.